The molecule has 1 heterocycles. The normalized spacial score (nSPS) is 23.8. The van der Waals surface area contributed by atoms with Crippen molar-refractivity contribution in [2.45, 2.75) is 51.7 Å². The van der Waals surface area contributed by atoms with E-state index in [0.29, 0.717) is 12.1 Å². The predicted molar refractivity (Wildman–Crippen MR) is 68.8 cm³/mol. The van der Waals surface area contributed by atoms with Crippen LogP contribution in [0, 0.1) is 0 Å². The summed E-state index contributed by atoms with van der Waals surface area (Å²) < 4.78 is 5.40. The summed E-state index contributed by atoms with van der Waals surface area (Å²) in [5.74, 6) is 0. The average Bonchev–Trinajstić information content (AvgIpc) is 2.77. The van der Waals surface area contributed by atoms with Crippen LogP contribution in [0.15, 0.2) is 0 Å². The molecule has 0 aromatic heterocycles. The molecule has 0 saturated carbocycles. The maximum absolute atomic E-state index is 5.40. The standard InChI is InChI=1S/C13H28N2O/c1-4-8-14-9-5-6-12(2)15-10-7-13(11-15)16-3/h12-14H,4-11H2,1-3H3. The number of likely N-dealkylation sites (tertiary alicyclic amines) is 1. The van der Waals surface area contributed by atoms with Crippen molar-refractivity contribution in [3.05, 3.63) is 0 Å². The second-order valence-corrected chi connectivity index (χ2v) is 4.88. The fraction of sp³-hybridized carbons (Fsp3) is 1.00. The summed E-state index contributed by atoms with van der Waals surface area (Å²) in [6.45, 7) is 9.22. The van der Waals surface area contributed by atoms with Gasteiger partial charge >= 0.3 is 0 Å². The van der Waals surface area contributed by atoms with Crippen molar-refractivity contribution in [1.82, 2.24) is 10.2 Å². The van der Waals surface area contributed by atoms with Crippen LogP contribution in [0.1, 0.15) is 39.5 Å². The largest absolute Gasteiger partial charge is 0.380 e. The van der Waals surface area contributed by atoms with Crippen LogP contribution in [-0.2, 0) is 4.74 Å². The Labute approximate surface area is 101 Å². The molecule has 3 nitrogen and oxygen atoms in total. The Bertz CT molecular complexity index is 175. The van der Waals surface area contributed by atoms with Gasteiger partial charge in [0.15, 0.2) is 0 Å². The molecule has 0 radical (unpaired) electrons. The molecular formula is C13H28N2O. The van der Waals surface area contributed by atoms with Crippen LogP contribution in [0.25, 0.3) is 0 Å². The number of hydrogen-bond acceptors (Lipinski definition) is 3. The molecule has 0 aliphatic carbocycles. The third-order valence-electron chi connectivity index (χ3n) is 3.54. The quantitative estimate of drug-likeness (QED) is 0.642. The first kappa shape index (κ1) is 13.9. The zero-order valence-electron chi connectivity index (χ0n) is 11.2. The molecule has 0 bridgehead atoms. The topological polar surface area (TPSA) is 24.5 Å². The summed E-state index contributed by atoms with van der Waals surface area (Å²) in [5, 5.41) is 3.46. The Morgan fingerprint density at radius 3 is 2.88 bits per heavy atom. The van der Waals surface area contributed by atoms with Crippen molar-refractivity contribution in [2.75, 3.05) is 33.3 Å². The summed E-state index contributed by atoms with van der Waals surface area (Å²) in [6.07, 6.45) is 5.50. The minimum absolute atomic E-state index is 0.473. The number of methoxy groups -OCH3 is 1. The lowest BCUT2D eigenvalue weighted by Gasteiger charge is -2.24. The van der Waals surface area contributed by atoms with Gasteiger partial charge in [0.05, 0.1) is 6.10 Å². The van der Waals surface area contributed by atoms with E-state index in [1.54, 1.807) is 0 Å². The van der Waals surface area contributed by atoms with Crippen molar-refractivity contribution in [1.29, 1.82) is 0 Å². The first-order valence-corrected chi connectivity index (χ1v) is 6.75. The smallest absolute Gasteiger partial charge is 0.0710 e. The summed E-state index contributed by atoms with van der Waals surface area (Å²) in [7, 11) is 1.83. The Morgan fingerprint density at radius 2 is 2.25 bits per heavy atom. The molecule has 0 spiro atoms. The fourth-order valence-electron chi connectivity index (χ4n) is 2.35. The van der Waals surface area contributed by atoms with Crippen molar-refractivity contribution in [3.8, 4) is 0 Å². The summed E-state index contributed by atoms with van der Waals surface area (Å²) >= 11 is 0. The molecule has 96 valence electrons. The third kappa shape index (κ3) is 4.81. The lowest BCUT2D eigenvalue weighted by molar-refractivity contribution is 0.101. The van der Waals surface area contributed by atoms with Gasteiger partial charge in [-0.2, -0.15) is 0 Å². The van der Waals surface area contributed by atoms with Gasteiger partial charge in [0, 0.05) is 26.2 Å². The molecule has 1 aliphatic heterocycles. The van der Waals surface area contributed by atoms with E-state index in [4.69, 9.17) is 4.74 Å². The van der Waals surface area contributed by atoms with E-state index in [-0.39, 0.29) is 0 Å². The molecule has 3 heteroatoms. The fourth-order valence-corrected chi connectivity index (χ4v) is 2.35. The first-order chi connectivity index (χ1) is 7.77. The maximum atomic E-state index is 5.40. The van der Waals surface area contributed by atoms with Crippen LogP contribution in [-0.4, -0.2) is 50.3 Å². The lowest BCUT2D eigenvalue weighted by atomic mass is 10.1. The molecule has 1 rings (SSSR count). The monoisotopic (exact) mass is 228 g/mol. The number of ether oxygens (including phenoxy) is 1. The van der Waals surface area contributed by atoms with Gasteiger partial charge in [0.1, 0.15) is 0 Å². The van der Waals surface area contributed by atoms with E-state index in [1.807, 2.05) is 7.11 Å². The van der Waals surface area contributed by atoms with Crippen LogP contribution < -0.4 is 5.32 Å². The van der Waals surface area contributed by atoms with Gasteiger partial charge in [0.25, 0.3) is 0 Å². The number of hydrogen-bond donors (Lipinski definition) is 1. The minimum atomic E-state index is 0.473. The molecule has 16 heavy (non-hydrogen) atoms. The van der Waals surface area contributed by atoms with Crippen LogP contribution in [0.2, 0.25) is 0 Å². The van der Waals surface area contributed by atoms with Gasteiger partial charge < -0.3 is 10.1 Å². The van der Waals surface area contributed by atoms with Gasteiger partial charge in [-0.25, -0.2) is 0 Å². The van der Waals surface area contributed by atoms with Gasteiger partial charge in [-0.15, -0.1) is 0 Å². The Hall–Kier alpha value is -0.120. The van der Waals surface area contributed by atoms with Crippen molar-refractivity contribution >= 4 is 0 Å². The van der Waals surface area contributed by atoms with Gasteiger partial charge in [-0.1, -0.05) is 6.92 Å². The molecule has 1 fully saturated rings. The van der Waals surface area contributed by atoms with E-state index in [9.17, 15) is 0 Å². The first-order valence-electron chi connectivity index (χ1n) is 6.75. The zero-order valence-corrected chi connectivity index (χ0v) is 11.2. The Morgan fingerprint density at radius 1 is 1.44 bits per heavy atom. The highest BCUT2D eigenvalue weighted by atomic mass is 16.5. The number of nitrogens with one attached hydrogen (secondary N) is 1. The number of nitrogens with zero attached hydrogens (tertiary/aromatic N) is 1. The van der Waals surface area contributed by atoms with Crippen LogP contribution in [0.3, 0.4) is 0 Å². The van der Waals surface area contributed by atoms with Crippen LogP contribution in [0.5, 0.6) is 0 Å². The van der Waals surface area contributed by atoms with E-state index in [0.717, 1.165) is 13.1 Å². The molecule has 0 aromatic rings. The average molecular weight is 228 g/mol. The zero-order chi connectivity index (χ0) is 11.8. The van der Waals surface area contributed by atoms with Gasteiger partial charge in [0.2, 0.25) is 0 Å². The van der Waals surface area contributed by atoms with Crippen molar-refractivity contribution in [2.24, 2.45) is 0 Å². The summed E-state index contributed by atoms with van der Waals surface area (Å²) in [4.78, 5) is 2.56. The van der Waals surface area contributed by atoms with Crippen molar-refractivity contribution < 1.29 is 4.74 Å². The van der Waals surface area contributed by atoms with Gasteiger partial charge in [-0.3, -0.25) is 4.90 Å². The van der Waals surface area contributed by atoms with E-state index in [2.05, 4.69) is 24.1 Å². The highest BCUT2D eigenvalue weighted by molar-refractivity contribution is 4.79. The van der Waals surface area contributed by atoms with Crippen LogP contribution in [0.4, 0.5) is 0 Å². The third-order valence-corrected chi connectivity index (χ3v) is 3.54. The minimum Gasteiger partial charge on any atom is -0.380 e. The Balaban J connectivity index is 2.04. The highest BCUT2D eigenvalue weighted by Gasteiger charge is 2.25. The summed E-state index contributed by atoms with van der Waals surface area (Å²) in [6, 6.07) is 0.712. The SMILES string of the molecule is CCCNCCCC(C)N1CCC(OC)C1. The molecule has 2 unspecified atom stereocenters. The molecular weight excluding hydrogens is 200 g/mol. The molecule has 2 atom stereocenters. The summed E-state index contributed by atoms with van der Waals surface area (Å²) in [5.41, 5.74) is 0. The maximum Gasteiger partial charge on any atom is 0.0710 e. The lowest BCUT2D eigenvalue weighted by Crippen LogP contribution is -2.32. The second kappa shape index (κ2) is 8.04. The second-order valence-electron chi connectivity index (χ2n) is 4.88. The highest BCUT2D eigenvalue weighted by Crippen LogP contribution is 2.17. The van der Waals surface area contributed by atoms with E-state index >= 15 is 0 Å². The van der Waals surface area contributed by atoms with Crippen LogP contribution >= 0.6 is 0 Å². The molecule has 1 aliphatic rings. The Kier molecular flexibility index (Phi) is 7.01. The van der Waals surface area contributed by atoms with E-state index < -0.39 is 0 Å². The molecule has 0 aromatic carbocycles. The van der Waals surface area contributed by atoms with E-state index in [1.165, 1.54) is 38.8 Å². The van der Waals surface area contributed by atoms with Gasteiger partial charge in [-0.05, 0) is 45.7 Å². The molecule has 1 saturated heterocycles. The molecule has 0 amide bonds. The predicted octanol–water partition coefficient (Wildman–Crippen LogP) is 1.88. The molecule has 1 N–H and O–H groups in total. The van der Waals surface area contributed by atoms with Crippen molar-refractivity contribution in [3.63, 3.8) is 0 Å². The number of rotatable bonds is 8.